The molecule has 14 atom stereocenters. The zero-order chi connectivity index (χ0) is 42.2. The van der Waals surface area contributed by atoms with Crippen LogP contribution in [-0.2, 0) is 42.9 Å². The number of ketones is 2. The van der Waals surface area contributed by atoms with Gasteiger partial charge in [0.15, 0.2) is 5.78 Å². The molecule has 0 aromatic rings. The van der Waals surface area contributed by atoms with Crippen LogP contribution in [-0.4, -0.2) is 126 Å². The lowest BCUT2D eigenvalue weighted by atomic mass is 9.81. The van der Waals surface area contributed by atoms with Gasteiger partial charge in [-0.05, 0) is 100 Å². The molecule has 3 aliphatic heterocycles. The average Bonchev–Trinajstić information content (AvgIpc) is 3.18. The van der Waals surface area contributed by atoms with Crippen molar-refractivity contribution in [1.29, 1.82) is 0 Å². The van der Waals surface area contributed by atoms with Crippen LogP contribution >= 0.6 is 0 Å². The van der Waals surface area contributed by atoms with Gasteiger partial charge in [-0.15, -0.1) is 6.58 Å². The summed E-state index contributed by atoms with van der Waals surface area (Å²) in [7, 11) is 4.61. The van der Waals surface area contributed by atoms with Crippen LogP contribution in [0.5, 0.6) is 0 Å². The Labute approximate surface area is 339 Å². The number of fused-ring (bicyclic) bond motifs is 3. The second-order valence-electron chi connectivity index (χ2n) is 17.3. The predicted octanol–water partition coefficient (Wildman–Crippen LogP) is 4.64. The molecule has 13 nitrogen and oxygen atoms in total. The molecule has 2 bridgehead atoms. The van der Waals surface area contributed by atoms with Crippen molar-refractivity contribution in [2.24, 2.45) is 29.6 Å². The summed E-state index contributed by atoms with van der Waals surface area (Å²) in [5.41, 5.74) is 1.18. The van der Waals surface area contributed by atoms with Crippen LogP contribution in [0.4, 0.5) is 0 Å². The van der Waals surface area contributed by atoms with Gasteiger partial charge < -0.3 is 43.9 Å². The molecule has 1 amide bonds. The van der Waals surface area contributed by atoms with E-state index in [1.165, 1.54) is 19.1 Å². The molecule has 0 aromatic carbocycles. The number of hydrogen-bond acceptors (Lipinski definition) is 12. The van der Waals surface area contributed by atoms with Crippen LogP contribution in [0.3, 0.4) is 0 Å². The third-order valence-corrected chi connectivity index (χ3v) is 12.8. The largest absolute Gasteiger partial charge is 0.456 e. The molecule has 3 heterocycles. The lowest BCUT2D eigenvalue weighted by Gasteiger charge is -2.47. The highest BCUT2D eigenvalue weighted by molar-refractivity contribution is 6.39. The number of ether oxygens (including phenoxy) is 5. The zero-order valence-electron chi connectivity index (χ0n) is 35.4. The lowest BCUT2D eigenvalue weighted by molar-refractivity contribution is -0.302. The van der Waals surface area contributed by atoms with E-state index in [2.05, 4.69) is 13.5 Å². The van der Waals surface area contributed by atoms with Gasteiger partial charge in [-0.1, -0.05) is 45.9 Å². The van der Waals surface area contributed by atoms with E-state index in [1.54, 1.807) is 27.0 Å². The topological polar surface area (TPSA) is 178 Å². The molecule has 0 radical (unpaired) electrons. The smallest absolute Gasteiger partial charge is 0.329 e. The van der Waals surface area contributed by atoms with Crippen molar-refractivity contribution in [3.05, 3.63) is 36.0 Å². The Morgan fingerprint density at radius 3 is 2.23 bits per heavy atom. The minimum Gasteiger partial charge on any atom is -0.456 e. The summed E-state index contributed by atoms with van der Waals surface area (Å²) in [4.78, 5) is 57.8. The molecule has 0 aromatic heterocycles. The number of methoxy groups -OCH3 is 3. The molecule has 0 spiro atoms. The summed E-state index contributed by atoms with van der Waals surface area (Å²) in [5, 5.41) is 34.1. The van der Waals surface area contributed by atoms with Crippen molar-refractivity contribution in [3.63, 3.8) is 0 Å². The van der Waals surface area contributed by atoms with E-state index in [0.717, 1.165) is 0 Å². The first-order chi connectivity index (χ1) is 27.0. The molecular formula is C44H69NO12. The van der Waals surface area contributed by atoms with Crippen molar-refractivity contribution < 1.29 is 58.2 Å². The zero-order valence-corrected chi connectivity index (χ0v) is 35.4. The summed E-state index contributed by atoms with van der Waals surface area (Å²) in [6, 6.07) is -1.14. The molecule has 3 N–H and O–H groups in total. The highest BCUT2D eigenvalue weighted by atomic mass is 16.7. The third-order valence-electron chi connectivity index (χ3n) is 12.8. The van der Waals surface area contributed by atoms with Crippen molar-refractivity contribution in [3.8, 4) is 0 Å². The molecule has 2 saturated heterocycles. The van der Waals surface area contributed by atoms with Crippen molar-refractivity contribution in [2.45, 2.75) is 160 Å². The maximum absolute atomic E-state index is 14.3. The Morgan fingerprint density at radius 1 is 0.912 bits per heavy atom. The van der Waals surface area contributed by atoms with E-state index in [9.17, 15) is 34.5 Å². The maximum atomic E-state index is 14.3. The van der Waals surface area contributed by atoms with E-state index in [4.69, 9.17) is 23.7 Å². The standard InChI is InChI=1S/C44H69NO12/c1-10-13-31-19-25(2)18-26(3)20-37(54-8)40-38(55-9)22-28(5)44(52,57-40)41(49)42(50)45-17-12-11-14-32(45)43(51)56-39(29(6)34(47)24-35(31)48)27(4)21-30-15-16-33(46)36(23-30)53-7/h10,19,21,25-26,28-30,32-34,36-40,46-47,52H,1,11-18,20,22-24H2,2-9H3/t25?,26-,28+,29+,30-,32-,33-,34-,36+,37-,38-,39+,40+,44+/m0/s1. The minimum absolute atomic E-state index is 0.0120. The Morgan fingerprint density at radius 2 is 1.58 bits per heavy atom. The van der Waals surface area contributed by atoms with Gasteiger partial charge in [-0.25, -0.2) is 4.79 Å². The summed E-state index contributed by atoms with van der Waals surface area (Å²) >= 11 is 0. The number of aliphatic hydroxyl groups excluding tert-OH is 2. The van der Waals surface area contributed by atoms with Crippen molar-refractivity contribution >= 4 is 23.4 Å². The van der Waals surface area contributed by atoms with Crippen LogP contribution in [0.25, 0.3) is 0 Å². The molecule has 3 fully saturated rings. The molecule has 57 heavy (non-hydrogen) atoms. The molecule has 1 aliphatic carbocycles. The monoisotopic (exact) mass is 803 g/mol. The van der Waals surface area contributed by atoms with Gasteiger partial charge in [-0.2, -0.15) is 0 Å². The number of hydrogen-bond donors (Lipinski definition) is 3. The third kappa shape index (κ3) is 11.3. The molecule has 322 valence electrons. The Balaban J connectivity index is 1.78. The number of nitrogens with zero attached hydrogens (tertiary/aromatic N) is 1. The fourth-order valence-electron chi connectivity index (χ4n) is 9.44. The second-order valence-corrected chi connectivity index (χ2v) is 17.3. The molecule has 1 unspecified atom stereocenters. The first-order valence-corrected chi connectivity index (χ1v) is 20.9. The number of amides is 1. The summed E-state index contributed by atoms with van der Waals surface area (Å²) in [6.45, 7) is 13.2. The summed E-state index contributed by atoms with van der Waals surface area (Å²) in [5.74, 6) is -7.32. The summed E-state index contributed by atoms with van der Waals surface area (Å²) in [6.07, 6.45) is 4.89. The van der Waals surface area contributed by atoms with Crippen LogP contribution in [0.15, 0.2) is 36.0 Å². The summed E-state index contributed by atoms with van der Waals surface area (Å²) < 4.78 is 29.8. The number of aliphatic hydroxyl groups is 3. The highest BCUT2D eigenvalue weighted by Gasteiger charge is 2.56. The van der Waals surface area contributed by atoms with E-state index in [0.29, 0.717) is 62.5 Å². The van der Waals surface area contributed by atoms with E-state index in [1.807, 2.05) is 26.0 Å². The molecule has 4 rings (SSSR count). The Kier molecular flexibility index (Phi) is 17.2. The van der Waals surface area contributed by atoms with Gasteiger partial charge in [-0.3, -0.25) is 14.4 Å². The Bertz CT molecular complexity index is 1480. The fourth-order valence-corrected chi connectivity index (χ4v) is 9.44. The van der Waals surface area contributed by atoms with Crippen LogP contribution in [0.1, 0.15) is 105 Å². The molecule has 1 saturated carbocycles. The first kappa shape index (κ1) is 46.9. The van der Waals surface area contributed by atoms with Gasteiger partial charge in [0.25, 0.3) is 11.7 Å². The average molecular weight is 804 g/mol. The normalized spacial score (nSPS) is 40.1. The maximum Gasteiger partial charge on any atom is 0.329 e. The molecular weight excluding hydrogens is 734 g/mol. The van der Waals surface area contributed by atoms with Crippen molar-refractivity contribution in [2.75, 3.05) is 27.9 Å². The van der Waals surface area contributed by atoms with Crippen LogP contribution in [0, 0.1) is 29.6 Å². The first-order valence-electron chi connectivity index (χ1n) is 20.9. The van der Waals surface area contributed by atoms with Crippen molar-refractivity contribution in [1.82, 2.24) is 4.90 Å². The number of piperidine rings is 1. The van der Waals surface area contributed by atoms with Gasteiger partial charge >= 0.3 is 5.97 Å². The number of cyclic esters (lactones) is 1. The van der Waals surface area contributed by atoms with E-state index < -0.39 is 77.9 Å². The van der Waals surface area contributed by atoms with Gasteiger partial charge in [0.1, 0.15) is 18.2 Å². The SMILES string of the molecule is C=CCC1=CC(C)C[C@H](C)C[C@H](OC)[C@H]2O[C@@](O)(C(=O)C(=O)N3CCCC[C@H]3C(=O)O[C@H](C(C)=C[C@@H]3CC[C@H](O)[C@H](OC)C3)[C@H](C)[C@@H](O)CC1=O)[C@H](C)C[C@@H]2OC. The number of carbonyl (C=O) groups is 4. The molecule has 4 aliphatic rings. The van der Waals surface area contributed by atoms with Gasteiger partial charge in [0, 0.05) is 46.1 Å². The number of allylic oxidation sites excluding steroid dienone is 4. The van der Waals surface area contributed by atoms with Crippen LogP contribution in [0.2, 0.25) is 0 Å². The van der Waals surface area contributed by atoms with Crippen LogP contribution < -0.4 is 0 Å². The predicted molar refractivity (Wildman–Crippen MR) is 213 cm³/mol. The highest BCUT2D eigenvalue weighted by Crippen LogP contribution is 2.39. The quantitative estimate of drug-likeness (QED) is 0.185. The van der Waals surface area contributed by atoms with E-state index in [-0.39, 0.29) is 55.4 Å². The van der Waals surface area contributed by atoms with Gasteiger partial charge in [0.05, 0.1) is 30.5 Å². The minimum atomic E-state index is -2.51. The molecule has 13 heteroatoms. The second kappa shape index (κ2) is 21.0. The van der Waals surface area contributed by atoms with Gasteiger partial charge in [0.2, 0.25) is 5.79 Å². The fraction of sp³-hybridized carbons (Fsp3) is 0.773. The number of esters is 1. The van der Waals surface area contributed by atoms with E-state index >= 15 is 0 Å². The lowest BCUT2D eigenvalue weighted by Crippen LogP contribution is -2.64. The number of rotatable bonds is 7. The number of Topliss-reactive ketones (excluding diaryl/α,β-unsaturated/α-hetero) is 2. The number of carbonyl (C=O) groups excluding carboxylic acids is 4. The Hall–Kier alpha value is -2.78.